The molecular weight excluding hydrogens is 306 g/mol. The first-order valence-electron chi connectivity index (χ1n) is 6.43. The van der Waals surface area contributed by atoms with Gasteiger partial charge in [-0.25, -0.2) is 4.98 Å². The number of nitrogens with one attached hydrogen (secondary N) is 2. The van der Waals surface area contributed by atoms with Crippen molar-refractivity contribution in [3.8, 4) is 5.75 Å². The zero-order valence-electron chi connectivity index (χ0n) is 11.8. The highest BCUT2D eigenvalue weighted by atomic mass is 35.5. The molecule has 2 N–H and O–H groups in total. The van der Waals surface area contributed by atoms with Crippen molar-refractivity contribution in [1.82, 2.24) is 10.3 Å². The van der Waals surface area contributed by atoms with Crippen LogP contribution in [0.4, 0.5) is 5.69 Å². The molecule has 1 aromatic carbocycles. The number of carbonyl (C=O) groups excluding carboxylic acids is 2. The predicted octanol–water partition coefficient (Wildman–Crippen LogP) is 2.00. The van der Waals surface area contributed by atoms with Crippen molar-refractivity contribution in [2.45, 2.75) is 6.54 Å². The van der Waals surface area contributed by atoms with E-state index in [1.54, 1.807) is 43.5 Å². The fourth-order valence-electron chi connectivity index (χ4n) is 1.66. The van der Waals surface area contributed by atoms with E-state index in [1.807, 2.05) is 0 Å². The molecule has 1 aromatic heterocycles. The van der Waals surface area contributed by atoms with Crippen LogP contribution in [0.5, 0.6) is 5.75 Å². The second-order valence-electron chi connectivity index (χ2n) is 4.33. The highest BCUT2D eigenvalue weighted by Crippen LogP contribution is 2.17. The number of rotatable bonds is 4. The van der Waals surface area contributed by atoms with Crippen LogP contribution < -0.4 is 15.4 Å². The molecule has 7 heteroatoms. The Balaban J connectivity index is 1.88. The van der Waals surface area contributed by atoms with Crippen LogP contribution in [0, 0.1) is 0 Å². The maximum atomic E-state index is 11.8. The van der Waals surface area contributed by atoms with Crippen LogP contribution in [-0.2, 0) is 16.1 Å². The van der Waals surface area contributed by atoms with Crippen molar-refractivity contribution < 1.29 is 14.3 Å². The van der Waals surface area contributed by atoms with E-state index in [2.05, 4.69) is 15.6 Å². The highest BCUT2D eigenvalue weighted by molar-refractivity contribution is 6.41. The number of hydrogen-bond donors (Lipinski definition) is 2. The molecule has 0 aliphatic carbocycles. The molecule has 22 heavy (non-hydrogen) atoms. The van der Waals surface area contributed by atoms with Gasteiger partial charge in [-0.05, 0) is 29.8 Å². The summed E-state index contributed by atoms with van der Waals surface area (Å²) in [7, 11) is 1.57. The van der Waals surface area contributed by atoms with Crippen LogP contribution in [-0.4, -0.2) is 23.9 Å². The fourth-order valence-corrected chi connectivity index (χ4v) is 1.83. The topological polar surface area (TPSA) is 80.3 Å². The Kier molecular flexibility index (Phi) is 5.32. The number of carbonyl (C=O) groups is 2. The Bertz CT molecular complexity index is 674. The molecule has 2 amide bonds. The van der Waals surface area contributed by atoms with Crippen molar-refractivity contribution in [3.05, 3.63) is 53.3 Å². The zero-order valence-corrected chi connectivity index (χ0v) is 12.6. The number of nitrogens with zero attached hydrogens (tertiary/aromatic N) is 1. The van der Waals surface area contributed by atoms with E-state index in [1.165, 1.54) is 6.20 Å². The summed E-state index contributed by atoms with van der Waals surface area (Å²) in [5, 5.41) is 5.04. The van der Waals surface area contributed by atoms with Crippen LogP contribution in [0.25, 0.3) is 0 Å². The minimum Gasteiger partial charge on any atom is -0.497 e. The molecular formula is C15H14ClN3O3. The lowest BCUT2D eigenvalue weighted by Gasteiger charge is -2.08. The van der Waals surface area contributed by atoms with Gasteiger partial charge in [-0.3, -0.25) is 9.59 Å². The molecule has 0 atom stereocenters. The average Bonchev–Trinajstić information content (AvgIpc) is 2.55. The molecule has 0 fully saturated rings. The number of amides is 2. The third kappa shape index (κ3) is 4.20. The molecule has 0 saturated carbocycles. The second kappa shape index (κ2) is 7.42. The number of methoxy groups -OCH3 is 1. The average molecular weight is 320 g/mol. The quantitative estimate of drug-likeness (QED) is 0.667. The minimum absolute atomic E-state index is 0.124. The van der Waals surface area contributed by atoms with E-state index in [-0.39, 0.29) is 17.4 Å². The van der Waals surface area contributed by atoms with Gasteiger partial charge >= 0.3 is 11.8 Å². The number of ether oxygens (including phenoxy) is 1. The summed E-state index contributed by atoms with van der Waals surface area (Å²) in [6.07, 6.45) is 1.49. The first-order chi connectivity index (χ1) is 10.6. The number of hydrogen-bond acceptors (Lipinski definition) is 4. The van der Waals surface area contributed by atoms with E-state index in [0.29, 0.717) is 0 Å². The van der Waals surface area contributed by atoms with Crippen molar-refractivity contribution in [3.63, 3.8) is 0 Å². The SMILES string of the molecule is COc1ccc(CNC(=O)C(=O)Nc2cccnc2Cl)cc1. The van der Waals surface area contributed by atoms with Gasteiger partial charge in [-0.2, -0.15) is 0 Å². The lowest BCUT2D eigenvalue weighted by molar-refractivity contribution is -0.136. The molecule has 0 bridgehead atoms. The van der Waals surface area contributed by atoms with Crippen molar-refractivity contribution in [2.24, 2.45) is 0 Å². The molecule has 6 nitrogen and oxygen atoms in total. The number of benzene rings is 1. The molecule has 1 heterocycles. The van der Waals surface area contributed by atoms with Gasteiger partial charge in [0.25, 0.3) is 0 Å². The number of aromatic nitrogens is 1. The van der Waals surface area contributed by atoms with Crippen molar-refractivity contribution in [1.29, 1.82) is 0 Å². The Morgan fingerprint density at radius 1 is 1.18 bits per heavy atom. The smallest absolute Gasteiger partial charge is 0.313 e. The van der Waals surface area contributed by atoms with Gasteiger partial charge in [-0.1, -0.05) is 23.7 Å². The second-order valence-corrected chi connectivity index (χ2v) is 4.68. The molecule has 0 aliphatic heterocycles. The number of pyridine rings is 1. The minimum atomic E-state index is -0.802. The predicted molar refractivity (Wildman–Crippen MR) is 82.7 cm³/mol. The van der Waals surface area contributed by atoms with Crippen LogP contribution in [0.1, 0.15) is 5.56 Å². The van der Waals surface area contributed by atoms with Gasteiger partial charge in [0.2, 0.25) is 0 Å². The molecule has 0 unspecified atom stereocenters. The van der Waals surface area contributed by atoms with Crippen LogP contribution in [0.3, 0.4) is 0 Å². The Hall–Kier alpha value is -2.60. The molecule has 0 aliphatic rings. The molecule has 0 spiro atoms. The van der Waals surface area contributed by atoms with E-state index < -0.39 is 11.8 Å². The lowest BCUT2D eigenvalue weighted by atomic mass is 10.2. The van der Waals surface area contributed by atoms with Crippen LogP contribution in [0.15, 0.2) is 42.6 Å². The highest BCUT2D eigenvalue weighted by Gasteiger charge is 2.14. The lowest BCUT2D eigenvalue weighted by Crippen LogP contribution is -2.35. The van der Waals surface area contributed by atoms with Crippen LogP contribution in [0.2, 0.25) is 5.15 Å². The van der Waals surface area contributed by atoms with Gasteiger partial charge in [0.1, 0.15) is 5.75 Å². The van der Waals surface area contributed by atoms with Crippen LogP contribution >= 0.6 is 11.6 Å². The van der Waals surface area contributed by atoms with Gasteiger partial charge < -0.3 is 15.4 Å². The van der Waals surface area contributed by atoms with Gasteiger partial charge in [0, 0.05) is 12.7 Å². The largest absolute Gasteiger partial charge is 0.497 e. The first kappa shape index (κ1) is 15.8. The van der Waals surface area contributed by atoms with Crippen molar-refractivity contribution in [2.75, 3.05) is 12.4 Å². The molecule has 2 aromatic rings. The van der Waals surface area contributed by atoms with E-state index in [0.717, 1.165) is 11.3 Å². The third-order valence-electron chi connectivity index (χ3n) is 2.83. The standard InChI is InChI=1S/C15H14ClN3O3/c1-22-11-6-4-10(5-7-11)9-18-14(20)15(21)19-12-3-2-8-17-13(12)16/h2-8H,9H2,1H3,(H,18,20)(H,19,21). The monoisotopic (exact) mass is 319 g/mol. The first-order valence-corrected chi connectivity index (χ1v) is 6.80. The van der Waals surface area contributed by atoms with Gasteiger partial charge in [0.05, 0.1) is 12.8 Å². The summed E-state index contributed by atoms with van der Waals surface area (Å²) in [6, 6.07) is 10.3. The Morgan fingerprint density at radius 3 is 2.55 bits per heavy atom. The maximum absolute atomic E-state index is 11.8. The molecule has 0 saturated heterocycles. The van der Waals surface area contributed by atoms with E-state index >= 15 is 0 Å². The Morgan fingerprint density at radius 2 is 1.91 bits per heavy atom. The van der Waals surface area contributed by atoms with Gasteiger partial charge in [0.15, 0.2) is 5.15 Å². The van der Waals surface area contributed by atoms with Crippen molar-refractivity contribution >= 4 is 29.1 Å². The third-order valence-corrected chi connectivity index (χ3v) is 3.13. The summed E-state index contributed by atoms with van der Waals surface area (Å²) in [6.45, 7) is 0.233. The van der Waals surface area contributed by atoms with E-state index in [9.17, 15) is 9.59 Å². The zero-order chi connectivity index (χ0) is 15.9. The fraction of sp³-hybridized carbons (Fsp3) is 0.133. The summed E-state index contributed by atoms with van der Waals surface area (Å²) in [5.41, 5.74) is 1.13. The summed E-state index contributed by atoms with van der Waals surface area (Å²) >= 11 is 5.81. The maximum Gasteiger partial charge on any atom is 0.313 e. The summed E-state index contributed by atoms with van der Waals surface area (Å²) in [5.74, 6) is -0.835. The molecule has 0 radical (unpaired) electrons. The number of anilines is 1. The Labute approximate surface area is 132 Å². The molecule has 2 rings (SSSR count). The normalized spacial score (nSPS) is 9.91. The molecule has 114 valence electrons. The number of halogens is 1. The summed E-state index contributed by atoms with van der Waals surface area (Å²) in [4.78, 5) is 27.3. The van der Waals surface area contributed by atoms with Gasteiger partial charge in [-0.15, -0.1) is 0 Å². The summed E-state index contributed by atoms with van der Waals surface area (Å²) < 4.78 is 5.04. The van der Waals surface area contributed by atoms with E-state index in [4.69, 9.17) is 16.3 Å².